The zero-order valence-corrected chi connectivity index (χ0v) is 19.7. The van der Waals surface area contributed by atoms with Gasteiger partial charge >= 0.3 is 5.91 Å². The molecule has 0 aromatic heterocycles. The Bertz CT molecular complexity index is 595. The number of carbonyl (C=O) groups is 3. The third-order valence-electron chi connectivity index (χ3n) is 4.89. The van der Waals surface area contributed by atoms with E-state index in [2.05, 4.69) is 15.8 Å². The molecule has 1 saturated heterocycles. The van der Waals surface area contributed by atoms with Crippen molar-refractivity contribution < 1.29 is 14.4 Å². The largest absolute Gasteiger partial charge is 0.352 e. The summed E-state index contributed by atoms with van der Waals surface area (Å²) < 4.78 is 0. The highest BCUT2D eigenvalue weighted by molar-refractivity contribution is 8.14. The van der Waals surface area contributed by atoms with Gasteiger partial charge in [-0.3, -0.25) is 14.4 Å². The number of nitrogens with one attached hydrogen (secondary N) is 2. The molecule has 2 aliphatic rings. The Hall–Kier alpha value is -1.57. The molecule has 8 heteroatoms. The van der Waals surface area contributed by atoms with Crippen molar-refractivity contribution in [2.45, 2.75) is 79.2 Å². The maximum atomic E-state index is 12.7. The third kappa shape index (κ3) is 8.76. The fourth-order valence-electron chi connectivity index (χ4n) is 3.39. The number of carbonyl (C=O) groups excluding carboxylic acids is 3. The van der Waals surface area contributed by atoms with Gasteiger partial charge in [0.25, 0.3) is 0 Å². The molecule has 1 aliphatic carbocycles. The van der Waals surface area contributed by atoms with E-state index in [4.69, 9.17) is 0 Å². The third-order valence-corrected chi connectivity index (χ3v) is 5.93. The minimum atomic E-state index is -0.825. The molecular formula is C21H38N4O3S. The standard InChI is InChI=1S/C19H32N4O3S.C2H6/c1-19(2,3)12-14(20-16(25)13-8-6-5-7-9-13)15(24)17(26)21-22-18-23(4)10-11-27-18;1-2/h13-14H,5-12H2,1-4H3,(H,20,25)(H,21,26);1-2H3/b22-18-;. The zero-order valence-electron chi connectivity index (χ0n) is 18.8. The Morgan fingerprint density at radius 3 is 2.31 bits per heavy atom. The van der Waals surface area contributed by atoms with Gasteiger partial charge in [-0.1, -0.05) is 65.6 Å². The van der Waals surface area contributed by atoms with Crippen molar-refractivity contribution in [2.75, 3.05) is 19.3 Å². The van der Waals surface area contributed by atoms with Crippen LogP contribution < -0.4 is 10.7 Å². The number of amides is 2. The smallest absolute Gasteiger partial charge is 0.309 e. The van der Waals surface area contributed by atoms with Crippen molar-refractivity contribution in [1.82, 2.24) is 15.6 Å². The number of hydrogen-bond acceptors (Lipinski definition) is 5. The van der Waals surface area contributed by atoms with Gasteiger partial charge in [0.15, 0.2) is 5.17 Å². The van der Waals surface area contributed by atoms with Gasteiger partial charge in [0.2, 0.25) is 11.7 Å². The molecule has 0 bridgehead atoms. The lowest BCUT2D eigenvalue weighted by Gasteiger charge is -2.28. The van der Waals surface area contributed by atoms with E-state index in [1.54, 1.807) is 0 Å². The Morgan fingerprint density at radius 1 is 1.17 bits per heavy atom. The fraction of sp³-hybridized carbons (Fsp3) is 0.810. The summed E-state index contributed by atoms with van der Waals surface area (Å²) in [7, 11) is 1.89. The molecule has 1 aliphatic heterocycles. The molecule has 2 N–H and O–H groups in total. The Balaban J connectivity index is 0.00000204. The van der Waals surface area contributed by atoms with E-state index in [0.717, 1.165) is 44.4 Å². The van der Waals surface area contributed by atoms with Crippen molar-refractivity contribution in [3.8, 4) is 0 Å². The number of ketones is 1. The van der Waals surface area contributed by atoms with Crippen molar-refractivity contribution in [3.05, 3.63) is 0 Å². The first-order chi connectivity index (χ1) is 13.7. The number of amidine groups is 1. The van der Waals surface area contributed by atoms with Crippen molar-refractivity contribution >= 4 is 34.5 Å². The van der Waals surface area contributed by atoms with E-state index < -0.39 is 17.7 Å². The molecule has 29 heavy (non-hydrogen) atoms. The van der Waals surface area contributed by atoms with Gasteiger partial charge < -0.3 is 10.2 Å². The highest BCUT2D eigenvalue weighted by Gasteiger charge is 2.33. The Kier molecular flexibility index (Phi) is 10.7. The Labute approximate surface area is 179 Å². The van der Waals surface area contributed by atoms with Crippen molar-refractivity contribution in [2.24, 2.45) is 16.4 Å². The number of hydrogen-bond donors (Lipinski definition) is 2. The molecule has 7 nitrogen and oxygen atoms in total. The molecule has 166 valence electrons. The molecule has 2 fully saturated rings. The van der Waals surface area contributed by atoms with Gasteiger partial charge in [0, 0.05) is 25.3 Å². The second-order valence-corrected chi connectivity index (χ2v) is 9.69. The van der Waals surface area contributed by atoms with Gasteiger partial charge in [-0.15, -0.1) is 5.10 Å². The Morgan fingerprint density at radius 2 is 1.79 bits per heavy atom. The van der Waals surface area contributed by atoms with Crippen LogP contribution in [0.5, 0.6) is 0 Å². The van der Waals surface area contributed by atoms with Crippen molar-refractivity contribution in [1.29, 1.82) is 0 Å². The van der Waals surface area contributed by atoms with Crippen LogP contribution >= 0.6 is 11.8 Å². The van der Waals surface area contributed by atoms with E-state index in [9.17, 15) is 14.4 Å². The van der Waals surface area contributed by atoms with Crippen LogP contribution in [-0.2, 0) is 14.4 Å². The number of Topliss-reactive ketones (excluding diaryl/α,β-unsaturated/α-hetero) is 1. The van der Waals surface area contributed by atoms with Gasteiger partial charge in [-0.05, 0) is 24.7 Å². The first kappa shape index (κ1) is 25.5. The molecule has 0 spiro atoms. The average Bonchev–Trinajstić information content (AvgIpc) is 3.11. The van der Waals surface area contributed by atoms with E-state index in [0.29, 0.717) is 11.6 Å². The van der Waals surface area contributed by atoms with Crippen LogP contribution in [0.4, 0.5) is 0 Å². The fourth-order valence-corrected chi connectivity index (χ4v) is 4.35. The zero-order chi connectivity index (χ0) is 22.0. The average molecular weight is 427 g/mol. The first-order valence-corrected chi connectivity index (χ1v) is 11.7. The molecule has 0 aromatic carbocycles. The number of rotatable bonds is 6. The molecule has 0 aromatic rings. The summed E-state index contributed by atoms with van der Waals surface area (Å²) in [5, 5.41) is 7.58. The van der Waals surface area contributed by atoms with Crippen LogP contribution in [0.2, 0.25) is 0 Å². The molecule has 1 heterocycles. The highest BCUT2D eigenvalue weighted by Crippen LogP contribution is 2.25. The van der Waals surface area contributed by atoms with E-state index >= 15 is 0 Å². The topological polar surface area (TPSA) is 90.9 Å². The van der Waals surface area contributed by atoms with Crippen LogP contribution in [-0.4, -0.2) is 53.1 Å². The normalized spacial score (nSPS) is 19.9. The van der Waals surface area contributed by atoms with Gasteiger partial charge in [-0.25, -0.2) is 5.43 Å². The molecule has 2 amide bonds. The van der Waals surface area contributed by atoms with Crippen molar-refractivity contribution in [3.63, 3.8) is 0 Å². The van der Waals surface area contributed by atoms with Gasteiger partial charge in [0.1, 0.15) is 0 Å². The molecule has 1 atom stereocenters. The minimum absolute atomic E-state index is 0.0548. The lowest BCUT2D eigenvalue weighted by Crippen LogP contribution is -2.50. The van der Waals surface area contributed by atoms with Gasteiger partial charge in [0.05, 0.1) is 6.04 Å². The highest BCUT2D eigenvalue weighted by atomic mass is 32.2. The lowest BCUT2D eigenvalue weighted by atomic mass is 9.85. The lowest BCUT2D eigenvalue weighted by molar-refractivity contribution is -0.141. The SMILES string of the molecule is CC.CN1CCS/C1=N\NC(=O)C(=O)C(CC(C)(C)C)NC(=O)C1CCCCC1. The molecule has 0 radical (unpaired) electrons. The predicted molar refractivity (Wildman–Crippen MR) is 120 cm³/mol. The molecule has 1 saturated carbocycles. The second-order valence-electron chi connectivity index (χ2n) is 8.63. The second kappa shape index (κ2) is 12.2. The summed E-state index contributed by atoms with van der Waals surface area (Å²) in [5.74, 6) is -0.669. The summed E-state index contributed by atoms with van der Waals surface area (Å²) in [5.41, 5.74) is 2.16. The summed E-state index contributed by atoms with van der Waals surface area (Å²) >= 11 is 1.53. The van der Waals surface area contributed by atoms with E-state index in [-0.39, 0.29) is 17.2 Å². The number of thioether (sulfide) groups is 1. The quantitative estimate of drug-likeness (QED) is 0.503. The first-order valence-electron chi connectivity index (χ1n) is 10.7. The monoisotopic (exact) mass is 426 g/mol. The number of hydrazone groups is 1. The molecule has 1 unspecified atom stereocenters. The van der Waals surface area contributed by atoms with Crippen LogP contribution in [0, 0.1) is 11.3 Å². The summed E-state index contributed by atoms with van der Waals surface area (Å²) in [6, 6.07) is -0.825. The summed E-state index contributed by atoms with van der Waals surface area (Å²) in [6.07, 6.45) is 5.35. The van der Waals surface area contributed by atoms with E-state index in [1.165, 1.54) is 11.8 Å². The van der Waals surface area contributed by atoms with Crippen LogP contribution in [0.15, 0.2) is 5.10 Å². The maximum Gasteiger partial charge on any atom is 0.309 e. The van der Waals surface area contributed by atoms with Crippen LogP contribution in [0.1, 0.15) is 73.1 Å². The van der Waals surface area contributed by atoms with E-state index in [1.807, 2.05) is 46.6 Å². The predicted octanol–water partition coefficient (Wildman–Crippen LogP) is 3.15. The number of nitrogens with zero attached hydrogens (tertiary/aromatic N) is 2. The molecular weight excluding hydrogens is 388 g/mol. The summed E-state index contributed by atoms with van der Waals surface area (Å²) in [6.45, 7) is 10.8. The van der Waals surface area contributed by atoms with Crippen LogP contribution in [0.3, 0.4) is 0 Å². The van der Waals surface area contributed by atoms with Gasteiger partial charge in [-0.2, -0.15) is 0 Å². The van der Waals surface area contributed by atoms with Crippen LogP contribution in [0.25, 0.3) is 0 Å². The molecule has 2 rings (SSSR count). The minimum Gasteiger partial charge on any atom is -0.352 e. The maximum absolute atomic E-state index is 12.7. The summed E-state index contributed by atoms with van der Waals surface area (Å²) in [4.78, 5) is 39.6.